The Balaban J connectivity index is 2.37. The lowest BCUT2D eigenvalue weighted by Gasteiger charge is -2.24. The fourth-order valence-corrected chi connectivity index (χ4v) is 2.14. The summed E-state index contributed by atoms with van der Waals surface area (Å²) in [6.07, 6.45) is 6.17. The average molecular weight is 300 g/mol. The Kier molecular flexibility index (Phi) is 3.82. The number of anilines is 1. The molecule has 0 spiro atoms. The zero-order chi connectivity index (χ0) is 15.0. The Morgan fingerprint density at radius 1 is 1.25 bits per heavy atom. The monoisotopic (exact) mass is 300 g/mol. The molecule has 1 heterocycles. The van der Waals surface area contributed by atoms with Crippen molar-refractivity contribution in [3.63, 3.8) is 0 Å². The lowest BCUT2D eigenvalue weighted by atomic mass is 10.2. The van der Waals surface area contributed by atoms with E-state index < -0.39 is 15.6 Å². The highest BCUT2D eigenvalue weighted by atomic mass is 32.2. The van der Waals surface area contributed by atoms with Crippen LogP contribution in [0.15, 0.2) is 12.4 Å². The lowest BCUT2D eigenvalue weighted by Crippen LogP contribution is -2.24. The SMILES string of the molecule is CC(C)(C)Oc1cncc(OC2CC2)c1NS(C)(=O)=O. The molecular weight excluding hydrogens is 280 g/mol. The molecule has 6 nitrogen and oxygen atoms in total. The molecule has 112 valence electrons. The highest BCUT2D eigenvalue weighted by molar-refractivity contribution is 7.92. The van der Waals surface area contributed by atoms with Crippen LogP contribution >= 0.6 is 0 Å². The third-order valence-electron chi connectivity index (χ3n) is 2.40. The maximum atomic E-state index is 11.5. The predicted molar refractivity (Wildman–Crippen MR) is 76.7 cm³/mol. The van der Waals surface area contributed by atoms with Gasteiger partial charge in [-0.15, -0.1) is 0 Å². The van der Waals surface area contributed by atoms with Crippen LogP contribution in [0.5, 0.6) is 11.5 Å². The van der Waals surface area contributed by atoms with Gasteiger partial charge < -0.3 is 9.47 Å². The average Bonchev–Trinajstić information content (AvgIpc) is 3.03. The summed E-state index contributed by atoms with van der Waals surface area (Å²) in [4.78, 5) is 4.06. The Morgan fingerprint density at radius 3 is 2.35 bits per heavy atom. The second-order valence-corrected chi connectivity index (χ2v) is 7.67. The quantitative estimate of drug-likeness (QED) is 0.901. The first-order chi connectivity index (χ1) is 9.14. The summed E-state index contributed by atoms with van der Waals surface area (Å²) in [5.41, 5.74) is -0.155. The molecule has 0 saturated heterocycles. The maximum Gasteiger partial charge on any atom is 0.230 e. The van der Waals surface area contributed by atoms with Gasteiger partial charge in [0, 0.05) is 0 Å². The highest BCUT2D eigenvalue weighted by Gasteiger charge is 2.27. The van der Waals surface area contributed by atoms with Crippen molar-refractivity contribution >= 4 is 15.7 Å². The van der Waals surface area contributed by atoms with E-state index in [1.54, 1.807) is 0 Å². The molecule has 0 unspecified atom stereocenters. The molecule has 0 radical (unpaired) electrons. The van der Waals surface area contributed by atoms with Gasteiger partial charge in [0.2, 0.25) is 10.0 Å². The van der Waals surface area contributed by atoms with E-state index in [4.69, 9.17) is 9.47 Å². The van der Waals surface area contributed by atoms with E-state index in [-0.39, 0.29) is 6.10 Å². The minimum atomic E-state index is -3.43. The number of pyridine rings is 1. The molecule has 0 aromatic carbocycles. The number of hydrogen-bond acceptors (Lipinski definition) is 5. The molecule has 0 atom stereocenters. The number of nitrogens with one attached hydrogen (secondary N) is 1. The van der Waals surface area contributed by atoms with Crippen LogP contribution in [0.1, 0.15) is 33.6 Å². The summed E-state index contributed by atoms with van der Waals surface area (Å²) < 4.78 is 37.0. The second-order valence-electron chi connectivity index (χ2n) is 5.92. The van der Waals surface area contributed by atoms with Gasteiger partial charge in [0.25, 0.3) is 0 Å². The highest BCUT2D eigenvalue weighted by Crippen LogP contribution is 2.39. The smallest absolute Gasteiger partial charge is 0.230 e. The van der Waals surface area contributed by atoms with Crippen LogP contribution < -0.4 is 14.2 Å². The van der Waals surface area contributed by atoms with Gasteiger partial charge in [-0.25, -0.2) is 8.42 Å². The van der Waals surface area contributed by atoms with Crippen molar-refractivity contribution < 1.29 is 17.9 Å². The van der Waals surface area contributed by atoms with Crippen LogP contribution in [0.25, 0.3) is 0 Å². The number of nitrogens with zero attached hydrogens (tertiary/aromatic N) is 1. The number of sulfonamides is 1. The first-order valence-corrected chi connectivity index (χ1v) is 8.35. The van der Waals surface area contributed by atoms with Gasteiger partial charge in [0.1, 0.15) is 11.3 Å². The molecule has 0 aliphatic heterocycles. The summed E-state index contributed by atoms with van der Waals surface area (Å²) in [5, 5.41) is 0. The van der Waals surface area contributed by atoms with Crippen LogP contribution in [0.3, 0.4) is 0 Å². The fourth-order valence-electron chi connectivity index (χ4n) is 1.57. The molecule has 7 heteroatoms. The van der Waals surface area contributed by atoms with Gasteiger partial charge >= 0.3 is 0 Å². The van der Waals surface area contributed by atoms with Crippen molar-refractivity contribution in [2.24, 2.45) is 0 Å². The minimum absolute atomic E-state index is 0.141. The normalized spacial score (nSPS) is 15.8. The van der Waals surface area contributed by atoms with Gasteiger partial charge in [-0.3, -0.25) is 9.71 Å². The van der Waals surface area contributed by atoms with Crippen LogP contribution in [0, 0.1) is 0 Å². The molecule has 0 bridgehead atoms. The molecular formula is C13H20N2O4S. The summed E-state index contributed by atoms with van der Waals surface area (Å²) in [6.45, 7) is 5.64. The van der Waals surface area contributed by atoms with E-state index in [0.717, 1.165) is 19.1 Å². The third-order valence-corrected chi connectivity index (χ3v) is 2.97. The first kappa shape index (κ1) is 14.9. The maximum absolute atomic E-state index is 11.5. The summed E-state index contributed by atoms with van der Waals surface area (Å²) >= 11 is 0. The van der Waals surface area contributed by atoms with Crippen molar-refractivity contribution in [3.8, 4) is 11.5 Å². The largest absolute Gasteiger partial charge is 0.486 e. The summed E-state index contributed by atoms with van der Waals surface area (Å²) in [7, 11) is -3.43. The molecule has 1 aliphatic rings. The molecule has 1 aromatic heterocycles. The van der Waals surface area contributed by atoms with Gasteiger partial charge in [-0.05, 0) is 33.6 Å². The zero-order valence-corrected chi connectivity index (χ0v) is 13.0. The third kappa shape index (κ3) is 4.56. The van der Waals surface area contributed by atoms with Crippen molar-refractivity contribution in [3.05, 3.63) is 12.4 Å². The predicted octanol–water partition coefficient (Wildman–Crippen LogP) is 2.17. The van der Waals surface area contributed by atoms with Crippen LogP contribution in [-0.2, 0) is 10.0 Å². The van der Waals surface area contributed by atoms with E-state index in [9.17, 15) is 8.42 Å². The van der Waals surface area contributed by atoms with E-state index in [0.29, 0.717) is 17.2 Å². The molecule has 1 saturated carbocycles. The molecule has 0 amide bonds. The van der Waals surface area contributed by atoms with E-state index >= 15 is 0 Å². The molecule has 1 fully saturated rings. The van der Waals surface area contributed by atoms with Gasteiger partial charge in [0.05, 0.1) is 24.8 Å². The molecule has 1 aromatic rings. The van der Waals surface area contributed by atoms with E-state index in [1.165, 1.54) is 12.4 Å². The first-order valence-electron chi connectivity index (χ1n) is 6.45. The minimum Gasteiger partial charge on any atom is -0.486 e. The summed E-state index contributed by atoms with van der Waals surface area (Å²) in [6, 6.07) is 0. The lowest BCUT2D eigenvalue weighted by molar-refractivity contribution is 0.131. The zero-order valence-electron chi connectivity index (χ0n) is 12.1. The van der Waals surface area contributed by atoms with Crippen LogP contribution in [0.2, 0.25) is 0 Å². The number of hydrogen-bond donors (Lipinski definition) is 1. The van der Waals surface area contributed by atoms with Crippen LogP contribution in [-0.4, -0.2) is 31.4 Å². The Bertz CT molecular complexity index is 589. The fraction of sp³-hybridized carbons (Fsp3) is 0.615. The van der Waals surface area contributed by atoms with Crippen molar-refractivity contribution in [2.45, 2.75) is 45.3 Å². The second kappa shape index (κ2) is 5.12. The standard InChI is InChI=1S/C13H20N2O4S/c1-13(2,3)19-11-8-14-7-10(18-9-5-6-9)12(11)15-20(4,16)17/h7-9H,5-6H2,1-4H3,(H,14,15). The van der Waals surface area contributed by atoms with Gasteiger partial charge in [-0.2, -0.15) is 0 Å². The Morgan fingerprint density at radius 2 is 1.85 bits per heavy atom. The molecule has 1 N–H and O–H groups in total. The van der Waals surface area contributed by atoms with Crippen molar-refractivity contribution in [2.75, 3.05) is 11.0 Å². The number of ether oxygens (including phenoxy) is 2. The summed E-state index contributed by atoms with van der Waals surface area (Å²) in [5.74, 6) is 0.765. The van der Waals surface area contributed by atoms with Gasteiger partial charge in [0.15, 0.2) is 11.5 Å². The van der Waals surface area contributed by atoms with E-state index in [1.807, 2.05) is 20.8 Å². The van der Waals surface area contributed by atoms with Gasteiger partial charge in [-0.1, -0.05) is 0 Å². The van der Waals surface area contributed by atoms with Crippen LogP contribution in [0.4, 0.5) is 5.69 Å². The van der Waals surface area contributed by atoms with E-state index in [2.05, 4.69) is 9.71 Å². The topological polar surface area (TPSA) is 77.5 Å². The number of aromatic nitrogens is 1. The number of rotatable bonds is 5. The van der Waals surface area contributed by atoms with Crippen molar-refractivity contribution in [1.82, 2.24) is 4.98 Å². The Labute approximate surface area is 119 Å². The molecule has 20 heavy (non-hydrogen) atoms. The Hall–Kier alpha value is -1.50. The van der Waals surface area contributed by atoms with Crippen molar-refractivity contribution in [1.29, 1.82) is 0 Å². The molecule has 1 aliphatic carbocycles. The molecule has 2 rings (SSSR count).